The molecule has 1 aliphatic carbocycles. The zero-order chi connectivity index (χ0) is 10.7. The first-order valence-electron chi connectivity index (χ1n) is 5.70. The zero-order valence-corrected chi connectivity index (χ0v) is 9.95. The van der Waals surface area contributed by atoms with Crippen molar-refractivity contribution in [3.8, 4) is 0 Å². The van der Waals surface area contributed by atoms with Gasteiger partial charge < -0.3 is 5.32 Å². The molecule has 1 aliphatic rings. The standard InChI is InChI=1S/C12H17NOS/c1-2-13-12(14)10-8-15-11-7-5-3-4-6-9(10)11/h8H,2-7H2,1H3,(H,13,14). The maximum Gasteiger partial charge on any atom is 0.252 e. The van der Waals surface area contributed by atoms with Crippen molar-refractivity contribution in [3.05, 3.63) is 21.4 Å². The number of carbonyl (C=O) groups excluding carboxylic acids is 1. The molecule has 2 nitrogen and oxygen atoms in total. The molecule has 0 saturated heterocycles. The first kappa shape index (κ1) is 10.7. The molecular weight excluding hydrogens is 206 g/mol. The lowest BCUT2D eigenvalue weighted by molar-refractivity contribution is 0.0955. The molecule has 1 aromatic heterocycles. The fourth-order valence-electron chi connectivity index (χ4n) is 2.12. The highest BCUT2D eigenvalue weighted by molar-refractivity contribution is 7.10. The van der Waals surface area contributed by atoms with Crippen molar-refractivity contribution in [2.24, 2.45) is 0 Å². The summed E-state index contributed by atoms with van der Waals surface area (Å²) in [6.07, 6.45) is 6.07. The van der Waals surface area contributed by atoms with E-state index < -0.39 is 0 Å². The average molecular weight is 223 g/mol. The van der Waals surface area contributed by atoms with Crippen LogP contribution in [0.5, 0.6) is 0 Å². The SMILES string of the molecule is CCNC(=O)c1csc2c1CCCCC2. The fraction of sp³-hybridized carbons (Fsp3) is 0.583. The Kier molecular flexibility index (Phi) is 3.41. The first-order valence-corrected chi connectivity index (χ1v) is 6.58. The second kappa shape index (κ2) is 4.79. The summed E-state index contributed by atoms with van der Waals surface area (Å²) in [5.74, 6) is 0.108. The maximum atomic E-state index is 11.8. The molecule has 1 heterocycles. The summed E-state index contributed by atoms with van der Waals surface area (Å²) in [6.45, 7) is 2.67. The van der Waals surface area contributed by atoms with E-state index in [0.717, 1.165) is 12.0 Å². The van der Waals surface area contributed by atoms with Crippen molar-refractivity contribution in [1.29, 1.82) is 0 Å². The van der Waals surface area contributed by atoms with Gasteiger partial charge in [0.05, 0.1) is 5.56 Å². The Balaban J connectivity index is 2.25. The summed E-state index contributed by atoms with van der Waals surface area (Å²) in [4.78, 5) is 13.2. The maximum absolute atomic E-state index is 11.8. The average Bonchev–Trinajstić information content (AvgIpc) is 2.48. The second-order valence-corrected chi connectivity index (χ2v) is 4.94. The fourth-order valence-corrected chi connectivity index (χ4v) is 3.24. The molecule has 0 fully saturated rings. The number of rotatable bonds is 2. The quantitative estimate of drug-likeness (QED) is 0.767. The molecule has 3 heteroatoms. The molecule has 1 amide bonds. The van der Waals surface area contributed by atoms with Crippen LogP contribution >= 0.6 is 11.3 Å². The van der Waals surface area contributed by atoms with E-state index in [9.17, 15) is 4.79 Å². The lowest BCUT2D eigenvalue weighted by Crippen LogP contribution is -2.23. The van der Waals surface area contributed by atoms with Crippen molar-refractivity contribution < 1.29 is 4.79 Å². The van der Waals surface area contributed by atoms with Crippen molar-refractivity contribution >= 4 is 17.2 Å². The third-order valence-electron chi connectivity index (χ3n) is 2.89. The van der Waals surface area contributed by atoms with Crippen LogP contribution in [0.1, 0.15) is 47.0 Å². The first-order chi connectivity index (χ1) is 7.33. The Morgan fingerprint density at radius 2 is 2.20 bits per heavy atom. The van der Waals surface area contributed by atoms with Crippen LogP contribution in [0.4, 0.5) is 0 Å². The van der Waals surface area contributed by atoms with Crippen LogP contribution in [0.15, 0.2) is 5.38 Å². The largest absolute Gasteiger partial charge is 0.352 e. The molecule has 0 saturated carbocycles. The predicted molar refractivity (Wildman–Crippen MR) is 63.6 cm³/mol. The number of amides is 1. The minimum absolute atomic E-state index is 0.108. The van der Waals surface area contributed by atoms with E-state index in [4.69, 9.17) is 0 Å². The van der Waals surface area contributed by atoms with Gasteiger partial charge in [-0.3, -0.25) is 4.79 Å². The number of thiophene rings is 1. The molecule has 15 heavy (non-hydrogen) atoms. The van der Waals surface area contributed by atoms with Crippen molar-refractivity contribution in [3.63, 3.8) is 0 Å². The van der Waals surface area contributed by atoms with Crippen LogP contribution in [0.3, 0.4) is 0 Å². The monoisotopic (exact) mass is 223 g/mol. The number of aryl methyl sites for hydroxylation is 1. The highest BCUT2D eigenvalue weighted by Crippen LogP contribution is 2.29. The molecule has 1 aromatic rings. The van der Waals surface area contributed by atoms with Gasteiger partial charge in [0.15, 0.2) is 0 Å². The van der Waals surface area contributed by atoms with Crippen LogP contribution in [0.25, 0.3) is 0 Å². The lowest BCUT2D eigenvalue weighted by Gasteiger charge is -2.04. The summed E-state index contributed by atoms with van der Waals surface area (Å²) < 4.78 is 0. The van der Waals surface area contributed by atoms with Gasteiger partial charge in [0, 0.05) is 16.8 Å². The van der Waals surface area contributed by atoms with Crippen LogP contribution in [-0.4, -0.2) is 12.5 Å². The molecule has 1 N–H and O–H groups in total. The highest BCUT2D eigenvalue weighted by Gasteiger charge is 2.18. The van der Waals surface area contributed by atoms with Gasteiger partial charge in [-0.15, -0.1) is 11.3 Å². The third kappa shape index (κ3) is 2.23. The van der Waals surface area contributed by atoms with E-state index in [1.807, 2.05) is 12.3 Å². The zero-order valence-electron chi connectivity index (χ0n) is 9.14. The molecule has 0 bridgehead atoms. The molecule has 0 aromatic carbocycles. The van der Waals surface area contributed by atoms with Gasteiger partial charge in [-0.05, 0) is 38.2 Å². The predicted octanol–water partition coefficient (Wildman–Crippen LogP) is 2.77. The summed E-state index contributed by atoms with van der Waals surface area (Å²) >= 11 is 1.76. The van der Waals surface area contributed by atoms with E-state index in [1.165, 1.54) is 36.1 Å². The van der Waals surface area contributed by atoms with Gasteiger partial charge in [0.2, 0.25) is 0 Å². The van der Waals surface area contributed by atoms with Gasteiger partial charge in [-0.25, -0.2) is 0 Å². The Labute approximate surface area is 94.7 Å². The Bertz CT molecular complexity index is 357. The van der Waals surface area contributed by atoms with Gasteiger partial charge in [-0.1, -0.05) is 6.42 Å². The van der Waals surface area contributed by atoms with Gasteiger partial charge in [-0.2, -0.15) is 0 Å². The molecule has 0 radical (unpaired) electrons. The molecule has 0 spiro atoms. The molecule has 0 aliphatic heterocycles. The Morgan fingerprint density at radius 3 is 3.00 bits per heavy atom. The van der Waals surface area contributed by atoms with Gasteiger partial charge in [0.25, 0.3) is 5.91 Å². The molecule has 0 unspecified atom stereocenters. The van der Waals surface area contributed by atoms with Crippen LogP contribution in [0, 0.1) is 0 Å². The topological polar surface area (TPSA) is 29.1 Å². The summed E-state index contributed by atoms with van der Waals surface area (Å²) in [5, 5.41) is 4.91. The normalized spacial score (nSPS) is 15.5. The smallest absolute Gasteiger partial charge is 0.252 e. The van der Waals surface area contributed by atoms with Gasteiger partial charge >= 0.3 is 0 Å². The Morgan fingerprint density at radius 1 is 1.40 bits per heavy atom. The van der Waals surface area contributed by atoms with Gasteiger partial charge in [0.1, 0.15) is 0 Å². The van der Waals surface area contributed by atoms with E-state index in [-0.39, 0.29) is 5.91 Å². The van der Waals surface area contributed by atoms with E-state index in [2.05, 4.69) is 5.32 Å². The molecule has 82 valence electrons. The van der Waals surface area contributed by atoms with Crippen LogP contribution in [-0.2, 0) is 12.8 Å². The summed E-state index contributed by atoms with van der Waals surface area (Å²) in [5.41, 5.74) is 2.25. The molecule has 2 rings (SSSR count). The number of hydrogen-bond donors (Lipinski definition) is 1. The second-order valence-electron chi connectivity index (χ2n) is 3.97. The molecule has 0 atom stereocenters. The molecular formula is C12H17NOS. The minimum Gasteiger partial charge on any atom is -0.352 e. The minimum atomic E-state index is 0.108. The van der Waals surface area contributed by atoms with E-state index in [1.54, 1.807) is 11.3 Å². The third-order valence-corrected chi connectivity index (χ3v) is 3.98. The highest BCUT2D eigenvalue weighted by atomic mass is 32.1. The number of fused-ring (bicyclic) bond motifs is 1. The van der Waals surface area contributed by atoms with Crippen LogP contribution in [0.2, 0.25) is 0 Å². The number of hydrogen-bond acceptors (Lipinski definition) is 2. The van der Waals surface area contributed by atoms with Crippen molar-refractivity contribution in [2.45, 2.75) is 39.0 Å². The summed E-state index contributed by atoms with van der Waals surface area (Å²) in [6, 6.07) is 0. The van der Waals surface area contributed by atoms with Crippen LogP contribution < -0.4 is 5.32 Å². The summed E-state index contributed by atoms with van der Waals surface area (Å²) in [7, 11) is 0. The van der Waals surface area contributed by atoms with Crippen molar-refractivity contribution in [2.75, 3.05) is 6.54 Å². The number of nitrogens with one attached hydrogen (secondary N) is 1. The number of carbonyl (C=O) groups is 1. The Hall–Kier alpha value is -0.830. The van der Waals surface area contributed by atoms with Crippen molar-refractivity contribution in [1.82, 2.24) is 5.32 Å². The van der Waals surface area contributed by atoms with E-state index >= 15 is 0 Å². The lowest BCUT2D eigenvalue weighted by atomic mass is 10.1. The van der Waals surface area contributed by atoms with E-state index in [0.29, 0.717) is 6.54 Å².